The maximum Gasteiger partial charge on any atom is 0.253 e. The molecule has 0 heterocycles. The normalized spacial score (nSPS) is 12.0. The summed E-state index contributed by atoms with van der Waals surface area (Å²) in [5, 5.41) is 9.60. The molecule has 0 saturated carbocycles. The number of nitrogen functional groups attached to an aromatic ring is 1. The molecule has 19 heavy (non-hydrogen) atoms. The van der Waals surface area contributed by atoms with Gasteiger partial charge >= 0.3 is 0 Å². The lowest BCUT2D eigenvalue weighted by Crippen LogP contribution is -2.36. The quantitative estimate of drug-likeness (QED) is 0.727. The fourth-order valence-corrected chi connectivity index (χ4v) is 1.73. The second-order valence-electron chi connectivity index (χ2n) is 4.29. The number of amides is 1. The van der Waals surface area contributed by atoms with Gasteiger partial charge in [0, 0.05) is 38.0 Å². The fourth-order valence-electron chi connectivity index (χ4n) is 1.73. The molecule has 6 heteroatoms. The van der Waals surface area contributed by atoms with Crippen molar-refractivity contribution < 1.29 is 19.4 Å². The fraction of sp³-hybridized carbons (Fsp3) is 0.462. The summed E-state index contributed by atoms with van der Waals surface area (Å²) in [6.07, 6.45) is -0.720. The minimum Gasteiger partial charge on any atom is -0.497 e. The molecule has 1 aromatic carbocycles. The molecule has 0 aliphatic heterocycles. The zero-order valence-corrected chi connectivity index (χ0v) is 11.4. The molecule has 0 bridgehead atoms. The molecule has 0 saturated heterocycles. The van der Waals surface area contributed by atoms with Gasteiger partial charge in [-0.05, 0) is 12.1 Å². The van der Waals surface area contributed by atoms with Crippen molar-refractivity contribution in [1.82, 2.24) is 4.90 Å². The van der Waals surface area contributed by atoms with Crippen LogP contribution < -0.4 is 10.5 Å². The summed E-state index contributed by atoms with van der Waals surface area (Å²) in [4.78, 5) is 13.6. The molecule has 0 aliphatic rings. The third-order valence-corrected chi connectivity index (χ3v) is 2.60. The summed E-state index contributed by atoms with van der Waals surface area (Å²) in [5.41, 5.74) is 6.57. The molecule has 3 N–H and O–H groups in total. The number of anilines is 1. The van der Waals surface area contributed by atoms with Gasteiger partial charge in [0.15, 0.2) is 0 Å². The first-order valence-corrected chi connectivity index (χ1v) is 5.85. The number of benzene rings is 1. The first kappa shape index (κ1) is 15.3. The van der Waals surface area contributed by atoms with Crippen LogP contribution in [-0.4, -0.2) is 56.4 Å². The SMILES string of the molecule is COCC(O)CN(C)C(=O)c1cc(N)cc(OC)c1. The Balaban J connectivity index is 2.79. The van der Waals surface area contributed by atoms with Crippen LogP contribution in [0.5, 0.6) is 5.75 Å². The van der Waals surface area contributed by atoms with E-state index in [2.05, 4.69) is 0 Å². The van der Waals surface area contributed by atoms with Crippen molar-refractivity contribution in [1.29, 1.82) is 0 Å². The second-order valence-corrected chi connectivity index (χ2v) is 4.29. The number of likely N-dealkylation sites (N-methyl/N-ethyl adjacent to an activating group) is 1. The van der Waals surface area contributed by atoms with Crippen LogP contribution in [0.15, 0.2) is 18.2 Å². The number of rotatable bonds is 6. The number of hydrogen-bond acceptors (Lipinski definition) is 5. The first-order chi connectivity index (χ1) is 8.97. The minimum atomic E-state index is -0.720. The predicted octanol–water partition coefficient (Wildman–Crippen LogP) is 0.357. The molecule has 6 nitrogen and oxygen atoms in total. The van der Waals surface area contributed by atoms with Gasteiger partial charge < -0.3 is 25.2 Å². The molecule has 1 amide bonds. The maximum atomic E-state index is 12.2. The zero-order chi connectivity index (χ0) is 14.4. The summed E-state index contributed by atoms with van der Waals surface area (Å²) >= 11 is 0. The summed E-state index contributed by atoms with van der Waals surface area (Å²) in [7, 11) is 4.61. The summed E-state index contributed by atoms with van der Waals surface area (Å²) in [6, 6.07) is 4.82. The predicted molar refractivity (Wildman–Crippen MR) is 72.2 cm³/mol. The van der Waals surface area contributed by atoms with Gasteiger partial charge in [-0.25, -0.2) is 0 Å². The molecule has 1 atom stereocenters. The van der Waals surface area contributed by atoms with Crippen LogP contribution in [-0.2, 0) is 4.74 Å². The third-order valence-electron chi connectivity index (χ3n) is 2.60. The second kappa shape index (κ2) is 6.96. The number of carbonyl (C=O) groups is 1. The third kappa shape index (κ3) is 4.42. The number of methoxy groups -OCH3 is 2. The average molecular weight is 268 g/mol. The van der Waals surface area contributed by atoms with Crippen LogP contribution in [0.2, 0.25) is 0 Å². The molecular weight excluding hydrogens is 248 g/mol. The van der Waals surface area contributed by atoms with Crippen molar-refractivity contribution >= 4 is 11.6 Å². The van der Waals surface area contributed by atoms with E-state index in [1.165, 1.54) is 19.1 Å². The molecule has 1 unspecified atom stereocenters. The van der Waals surface area contributed by atoms with Gasteiger partial charge in [-0.3, -0.25) is 4.79 Å². The minimum absolute atomic E-state index is 0.178. The molecule has 106 valence electrons. The lowest BCUT2D eigenvalue weighted by atomic mass is 10.1. The van der Waals surface area contributed by atoms with Crippen LogP contribution in [0.25, 0.3) is 0 Å². The number of carbonyl (C=O) groups excluding carboxylic acids is 1. The van der Waals surface area contributed by atoms with E-state index < -0.39 is 6.10 Å². The summed E-state index contributed by atoms with van der Waals surface area (Å²) in [5.74, 6) is 0.287. The lowest BCUT2D eigenvalue weighted by molar-refractivity contribution is 0.0380. The Morgan fingerprint density at radius 2 is 2.11 bits per heavy atom. The topological polar surface area (TPSA) is 85.0 Å². The Labute approximate surface area is 112 Å². The van der Waals surface area contributed by atoms with Gasteiger partial charge in [0.1, 0.15) is 5.75 Å². The Kier molecular flexibility index (Phi) is 5.59. The van der Waals surface area contributed by atoms with Crippen LogP contribution in [0, 0.1) is 0 Å². The van der Waals surface area contributed by atoms with Crippen molar-refractivity contribution in [3.63, 3.8) is 0 Å². The number of hydrogen-bond donors (Lipinski definition) is 2. The Morgan fingerprint density at radius 1 is 1.42 bits per heavy atom. The van der Waals surface area contributed by atoms with E-state index in [-0.39, 0.29) is 19.1 Å². The van der Waals surface area contributed by atoms with Gasteiger partial charge in [-0.1, -0.05) is 0 Å². The highest BCUT2D eigenvalue weighted by Crippen LogP contribution is 2.19. The Bertz CT molecular complexity index is 437. The standard InChI is InChI=1S/C13H20N2O4/c1-15(7-11(16)8-18-2)13(17)9-4-10(14)6-12(5-9)19-3/h4-6,11,16H,7-8,14H2,1-3H3. The monoisotopic (exact) mass is 268 g/mol. The van der Waals surface area contributed by atoms with Crippen LogP contribution in [0.4, 0.5) is 5.69 Å². The van der Waals surface area contributed by atoms with E-state index in [1.807, 2.05) is 0 Å². The summed E-state index contributed by atoms with van der Waals surface area (Å²) in [6.45, 7) is 0.363. The van der Waals surface area contributed by atoms with Crippen LogP contribution in [0.3, 0.4) is 0 Å². The number of aliphatic hydroxyl groups excluding tert-OH is 1. The number of nitrogens with two attached hydrogens (primary N) is 1. The van der Waals surface area contributed by atoms with E-state index in [0.29, 0.717) is 17.0 Å². The largest absolute Gasteiger partial charge is 0.497 e. The smallest absolute Gasteiger partial charge is 0.253 e. The van der Waals surface area contributed by atoms with Crippen molar-refractivity contribution in [2.45, 2.75) is 6.10 Å². The van der Waals surface area contributed by atoms with E-state index in [4.69, 9.17) is 15.2 Å². The number of nitrogens with zero attached hydrogens (tertiary/aromatic N) is 1. The number of aliphatic hydroxyl groups is 1. The molecular formula is C13H20N2O4. The van der Waals surface area contributed by atoms with E-state index in [0.717, 1.165) is 0 Å². The highest BCUT2D eigenvalue weighted by Gasteiger charge is 2.16. The average Bonchev–Trinajstić information content (AvgIpc) is 2.37. The van der Waals surface area contributed by atoms with Crippen molar-refractivity contribution in [3.05, 3.63) is 23.8 Å². The molecule has 0 aliphatic carbocycles. The van der Waals surface area contributed by atoms with Crippen molar-refractivity contribution in [3.8, 4) is 5.75 Å². The molecule has 0 fully saturated rings. The van der Waals surface area contributed by atoms with Crippen molar-refractivity contribution in [2.24, 2.45) is 0 Å². The molecule has 0 spiro atoms. The lowest BCUT2D eigenvalue weighted by Gasteiger charge is -2.21. The first-order valence-electron chi connectivity index (χ1n) is 5.85. The molecule has 0 aromatic heterocycles. The van der Waals surface area contributed by atoms with Gasteiger partial charge in [-0.15, -0.1) is 0 Å². The molecule has 0 radical (unpaired) electrons. The van der Waals surface area contributed by atoms with E-state index in [9.17, 15) is 9.90 Å². The maximum absolute atomic E-state index is 12.2. The Hall–Kier alpha value is -1.79. The highest BCUT2D eigenvalue weighted by atomic mass is 16.5. The zero-order valence-electron chi connectivity index (χ0n) is 11.4. The highest BCUT2D eigenvalue weighted by molar-refractivity contribution is 5.95. The number of ether oxygens (including phenoxy) is 2. The summed E-state index contributed by atoms with van der Waals surface area (Å²) < 4.78 is 9.88. The van der Waals surface area contributed by atoms with Gasteiger partial charge in [0.05, 0.1) is 19.8 Å². The Morgan fingerprint density at radius 3 is 2.68 bits per heavy atom. The van der Waals surface area contributed by atoms with Gasteiger partial charge in [-0.2, -0.15) is 0 Å². The van der Waals surface area contributed by atoms with Gasteiger partial charge in [0.25, 0.3) is 5.91 Å². The molecule has 1 aromatic rings. The van der Waals surface area contributed by atoms with Crippen LogP contribution >= 0.6 is 0 Å². The van der Waals surface area contributed by atoms with Gasteiger partial charge in [0.2, 0.25) is 0 Å². The van der Waals surface area contributed by atoms with Crippen LogP contribution in [0.1, 0.15) is 10.4 Å². The van der Waals surface area contributed by atoms with Crippen molar-refractivity contribution in [2.75, 3.05) is 40.2 Å². The van der Waals surface area contributed by atoms with E-state index >= 15 is 0 Å². The van der Waals surface area contributed by atoms with E-state index in [1.54, 1.807) is 25.2 Å². The molecule has 1 rings (SSSR count).